The second kappa shape index (κ2) is 8.98. The average molecular weight is 284 g/mol. The zero-order valence-electron chi connectivity index (χ0n) is 13.3. The SMILES string of the molecule is CCN1C[C@@H](OCOC)C[C@@H]1CNCC1CCCCC1. The second-order valence-electron chi connectivity index (χ2n) is 6.33. The van der Waals surface area contributed by atoms with Crippen molar-refractivity contribution < 1.29 is 9.47 Å². The molecule has 1 aliphatic heterocycles. The minimum absolute atomic E-state index is 0.344. The van der Waals surface area contributed by atoms with Gasteiger partial charge in [-0.2, -0.15) is 0 Å². The maximum atomic E-state index is 5.72. The Balaban J connectivity index is 1.65. The summed E-state index contributed by atoms with van der Waals surface area (Å²) in [6.45, 7) is 7.14. The summed E-state index contributed by atoms with van der Waals surface area (Å²) in [6.07, 6.45) is 8.64. The van der Waals surface area contributed by atoms with Crippen LogP contribution in [0, 0.1) is 5.92 Å². The first-order valence-corrected chi connectivity index (χ1v) is 8.38. The smallest absolute Gasteiger partial charge is 0.146 e. The van der Waals surface area contributed by atoms with Crippen LogP contribution in [0.1, 0.15) is 45.4 Å². The van der Waals surface area contributed by atoms with Crippen molar-refractivity contribution in [1.29, 1.82) is 0 Å². The molecule has 118 valence electrons. The number of hydrogen-bond acceptors (Lipinski definition) is 4. The summed E-state index contributed by atoms with van der Waals surface area (Å²) in [5, 5.41) is 3.71. The molecular formula is C16H32N2O2. The molecule has 20 heavy (non-hydrogen) atoms. The highest BCUT2D eigenvalue weighted by Gasteiger charge is 2.31. The second-order valence-corrected chi connectivity index (χ2v) is 6.33. The van der Waals surface area contributed by atoms with E-state index in [9.17, 15) is 0 Å². The number of likely N-dealkylation sites (tertiary alicyclic amines) is 1. The van der Waals surface area contributed by atoms with Gasteiger partial charge < -0.3 is 14.8 Å². The molecule has 0 aromatic rings. The molecule has 0 spiro atoms. The van der Waals surface area contributed by atoms with Gasteiger partial charge in [-0.15, -0.1) is 0 Å². The van der Waals surface area contributed by atoms with Crippen LogP contribution in [0.15, 0.2) is 0 Å². The molecule has 0 unspecified atom stereocenters. The lowest BCUT2D eigenvalue weighted by Crippen LogP contribution is -2.39. The van der Waals surface area contributed by atoms with Gasteiger partial charge in [0, 0.05) is 26.2 Å². The molecule has 1 saturated carbocycles. The topological polar surface area (TPSA) is 33.7 Å². The van der Waals surface area contributed by atoms with Gasteiger partial charge in [-0.25, -0.2) is 0 Å². The fourth-order valence-corrected chi connectivity index (χ4v) is 3.67. The average Bonchev–Trinajstić information content (AvgIpc) is 2.88. The molecule has 2 fully saturated rings. The van der Waals surface area contributed by atoms with E-state index in [-0.39, 0.29) is 0 Å². The van der Waals surface area contributed by atoms with Crippen LogP contribution in [-0.4, -0.2) is 57.1 Å². The number of rotatable bonds is 8. The lowest BCUT2D eigenvalue weighted by molar-refractivity contribution is -0.0671. The molecule has 2 atom stereocenters. The van der Waals surface area contributed by atoms with Gasteiger partial charge in [0.1, 0.15) is 6.79 Å². The van der Waals surface area contributed by atoms with Crippen LogP contribution < -0.4 is 5.32 Å². The Hall–Kier alpha value is -0.160. The highest BCUT2D eigenvalue weighted by molar-refractivity contribution is 4.87. The summed E-state index contributed by atoms with van der Waals surface area (Å²) in [5.74, 6) is 0.917. The van der Waals surface area contributed by atoms with Gasteiger partial charge in [-0.3, -0.25) is 4.90 Å². The Morgan fingerprint density at radius 1 is 1.15 bits per heavy atom. The zero-order valence-corrected chi connectivity index (χ0v) is 13.3. The van der Waals surface area contributed by atoms with Crippen molar-refractivity contribution in [2.75, 3.05) is 40.1 Å². The summed E-state index contributed by atoms with van der Waals surface area (Å²) >= 11 is 0. The molecule has 1 heterocycles. The van der Waals surface area contributed by atoms with Crippen molar-refractivity contribution in [3.8, 4) is 0 Å². The van der Waals surface area contributed by atoms with Crippen molar-refractivity contribution in [2.24, 2.45) is 5.92 Å². The van der Waals surface area contributed by atoms with E-state index in [4.69, 9.17) is 9.47 Å². The highest BCUT2D eigenvalue weighted by atomic mass is 16.7. The summed E-state index contributed by atoms with van der Waals surface area (Å²) in [6, 6.07) is 0.630. The Morgan fingerprint density at radius 2 is 1.95 bits per heavy atom. The molecule has 4 heteroatoms. The van der Waals surface area contributed by atoms with Gasteiger partial charge in [0.15, 0.2) is 0 Å². The minimum Gasteiger partial charge on any atom is -0.359 e. The van der Waals surface area contributed by atoms with Gasteiger partial charge in [-0.1, -0.05) is 26.2 Å². The number of nitrogens with one attached hydrogen (secondary N) is 1. The Morgan fingerprint density at radius 3 is 2.65 bits per heavy atom. The maximum Gasteiger partial charge on any atom is 0.146 e. The molecule has 1 saturated heterocycles. The highest BCUT2D eigenvalue weighted by Crippen LogP contribution is 2.23. The lowest BCUT2D eigenvalue weighted by Gasteiger charge is -2.25. The monoisotopic (exact) mass is 284 g/mol. The molecule has 2 rings (SSSR count). The molecule has 0 amide bonds. The molecule has 1 aliphatic carbocycles. The summed E-state index contributed by atoms with van der Waals surface area (Å²) in [7, 11) is 1.69. The molecule has 2 aliphatic rings. The van der Waals surface area contributed by atoms with Crippen molar-refractivity contribution >= 4 is 0 Å². The summed E-state index contributed by atoms with van der Waals surface area (Å²) in [5.41, 5.74) is 0. The predicted molar refractivity (Wildman–Crippen MR) is 81.8 cm³/mol. The van der Waals surface area contributed by atoms with Gasteiger partial charge in [0.25, 0.3) is 0 Å². The first-order valence-electron chi connectivity index (χ1n) is 8.38. The Bertz CT molecular complexity index is 257. The number of hydrogen-bond donors (Lipinski definition) is 1. The van der Waals surface area contributed by atoms with E-state index >= 15 is 0 Å². The third-order valence-corrected chi connectivity index (χ3v) is 4.86. The van der Waals surface area contributed by atoms with Crippen LogP contribution in [-0.2, 0) is 9.47 Å². The molecule has 0 radical (unpaired) electrons. The standard InChI is InChI=1S/C16H32N2O2/c1-3-18-12-16(20-13-19-2)9-15(18)11-17-10-14-7-5-4-6-8-14/h14-17H,3-13H2,1-2H3/t15-,16+/m1/s1. The van der Waals surface area contributed by atoms with Crippen molar-refractivity contribution in [2.45, 2.75) is 57.6 Å². The van der Waals surface area contributed by atoms with E-state index in [0.29, 0.717) is 18.9 Å². The van der Waals surface area contributed by atoms with Gasteiger partial charge in [0.2, 0.25) is 0 Å². The van der Waals surface area contributed by atoms with Crippen LogP contribution in [0.3, 0.4) is 0 Å². The zero-order chi connectivity index (χ0) is 14.2. The first-order chi connectivity index (χ1) is 9.83. The summed E-state index contributed by atoms with van der Waals surface area (Å²) in [4.78, 5) is 2.54. The van der Waals surface area contributed by atoms with Crippen molar-refractivity contribution in [1.82, 2.24) is 10.2 Å². The third kappa shape index (κ3) is 4.99. The van der Waals surface area contributed by atoms with E-state index in [1.807, 2.05) is 0 Å². The van der Waals surface area contributed by atoms with Crippen LogP contribution in [0.2, 0.25) is 0 Å². The van der Waals surface area contributed by atoms with Crippen LogP contribution in [0.25, 0.3) is 0 Å². The van der Waals surface area contributed by atoms with E-state index < -0.39 is 0 Å². The van der Waals surface area contributed by atoms with E-state index in [1.165, 1.54) is 38.6 Å². The van der Waals surface area contributed by atoms with E-state index in [2.05, 4.69) is 17.1 Å². The number of ether oxygens (including phenoxy) is 2. The molecule has 4 nitrogen and oxygen atoms in total. The largest absolute Gasteiger partial charge is 0.359 e. The van der Waals surface area contributed by atoms with Gasteiger partial charge in [0.05, 0.1) is 6.10 Å². The Labute approximate surface area is 124 Å². The number of nitrogens with zero attached hydrogens (tertiary/aromatic N) is 1. The molecule has 0 aromatic heterocycles. The quantitative estimate of drug-likeness (QED) is 0.693. The van der Waals surface area contributed by atoms with Crippen molar-refractivity contribution in [3.63, 3.8) is 0 Å². The van der Waals surface area contributed by atoms with Gasteiger partial charge >= 0.3 is 0 Å². The fraction of sp³-hybridized carbons (Fsp3) is 1.00. The molecule has 0 aromatic carbocycles. The maximum absolute atomic E-state index is 5.72. The third-order valence-electron chi connectivity index (χ3n) is 4.86. The molecule has 0 bridgehead atoms. The lowest BCUT2D eigenvalue weighted by atomic mass is 9.89. The summed E-state index contributed by atoms with van der Waals surface area (Å²) < 4.78 is 10.7. The van der Waals surface area contributed by atoms with Crippen LogP contribution in [0.5, 0.6) is 0 Å². The molecular weight excluding hydrogens is 252 g/mol. The first kappa shape index (κ1) is 16.2. The Kier molecular flexibility index (Phi) is 7.28. The fourth-order valence-electron chi connectivity index (χ4n) is 3.67. The van der Waals surface area contributed by atoms with Crippen LogP contribution >= 0.6 is 0 Å². The molecule has 1 N–H and O–H groups in total. The minimum atomic E-state index is 0.344. The van der Waals surface area contributed by atoms with Crippen molar-refractivity contribution in [3.05, 3.63) is 0 Å². The number of likely N-dealkylation sites (N-methyl/N-ethyl adjacent to an activating group) is 1. The normalized spacial score (nSPS) is 29.1. The van der Waals surface area contributed by atoms with Gasteiger partial charge in [-0.05, 0) is 38.3 Å². The number of methoxy groups -OCH3 is 1. The van der Waals surface area contributed by atoms with E-state index in [1.54, 1.807) is 7.11 Å². The van der Waals surface area contributed by atoms with E-state index in [0.717, 1.165) is 32.0 Å². The van der Waals surface area contributed by atoms with Crippen LogP contribution in [0.4, 0.5) is 0 Å². The predicted octanol–water partition coefficient (Wildman–Crippen LogP) is 2.24.